The number of H-pyrrole nitrogens is 1. The van der Waals surface area contributed by atoms with E-state index in [1.165, 1.54) is 11.0 Å². The number of halogens is 3. The van der Waals surface area contributed by atoms with Crippen LogP contribution >= 0.6 is 0 Å². The SMILES string of the molecule is CC(C)c1cc(Nc2nc(N3CC(F)(F)C[C@H]3C(=O)Nc3ccc(F)nc3)nc3c2CCC3)n[nH]1. The molecule has 1 fully saturated rings. The average molecular weight is 487 g/mol. The molecule has 1 amide bonds. The molecule has 1 aliphatic heterocycles. The molecule has 0 radical (unpaired) electrons. The Morgan fingerprint density at radius 3 is 2.80 bits per heavy atom. The van der Waals surface area contributed by atoms with Gasteiger partial charge >= 0.3 is 0 Å². The first-order valence-electron chi connectivity index (χ1n) is 11.5. The lowest BCUT2D eigenvalue weighted by atomic mass is 10.1. The normalized spacial score (nSPS) is 18.7. The van der Waals surface area contributed by atoms with E-state index in [1.807, 2.05) is 19.9 Å². The van der Waals surface area contributed by atoms with Gasteiger partial charge in [0.2, 0.25) is 17.8 Å². The number of nitrogens with one attached hydrogen (secondary N) is 3. The molecular formula is C23H25F3N8O. The Labute approximate surface area is 199 Å². The molecule has 12 heteroatoms. The molecular weight excluding hydrogens is 461 g/mol. The maximum Gasteiger partial charge on any atom is 0.267 e. The van der Waals surface area contributed by atoms with E-state index in [1.54, 1.807) is 0 Å². The van der Waals surface area contributed by atoms with E-state index in [-0.39, 0.29) is 17.6 Å². The summed E-state index contributed by atoms with van der Waals surface area (Å²) in [6.45, 7) is 3.39. The number of anilines is 4. The van der Waals surface area contributed by atoms with Crippen LogP contribution in [0.5, 0.6) is 0 Å². The number of nitrogens with zero attached hydrogens (tertiary/aromatic N) is 5. The van der Waals surface area contributed by atoms with Crippen molar-refractivity contribution in [1.82, 2.24) is 25.1 Å². The molecule has 184 valence electrons. The number of pyridine rings is 1. The number of amides is 1. The van der Waals surface area contributed by atoms with Gasteiger partial charge in [0.15, 0.2) is 5.82 Å². The number of carbonyl (C=O) groups excluding carboxylic acids is 1. The second-order valence-corrected chi connectivity index (χ2v) is 9.20. The van der Waals surface area contributed by atoms with Gasteiger partial charge in [0.25, 0.3) is 5.92 Å². The number of carbonyl (C=O) groups is 1. The monoisotopic (exact) mass is 486 g/mol. The van der Waals surface area contributed by atoms with Crippen LogP contribution in [0.25, 0.3) is 0 Å². The van der Waals surface area contributed by atoms with E-state index in [2.05, 4.69) is 35.8 Å². The molecule has 9 nitrogen and oxygen atoms in total. The summed E-state index contributed by atoms with van der Waals surface area (Å²) in [5, 5.41) is 13.0. The van der Waals surface area contributed by atoms with E-state index in [4.69, 9.17) is 0 Å². The third-order valence-electron chi connectivity index (χ3n) is 6.21. The van der Waals surface area contributed by atoms with E-state index >= 15 is 0 Å². The molecule has 0 saturated carbocycles. The minimum atomic E-state index is -3.10. The standard InChI is InChI=1S/C23H25F3N8O/c1-12(2)16-8-19(33-32-16)30-20-14-4-3-5-15(14)29-22(31-20)34-11-23(25,26)9-17(34)21(35)28-13-6-7-18(24)27-10-13/h6-8,10,12,17H,3-5,9,11H2,1-2H3,(H,28,35)(H2,29,30,31,32,33)/t17-/m0/s1. The van der Waals surface area contributed by atoms with Crippen molar-refractivity contribution in [2.24, 2.45) is 0 Å². The Hall–Kier alpha value is -3.70. The zero-order chi connectivity index (χ0) is 24.7. The summed E-state index contributed by atoms with van der Waals surface area (Å²) in [5.41, 5.74) is 2.86. The summed E-state index contributed by atoms with van der Waals surface area (Å²) >= 11 is 0. The van der Waals surface area contributed by atoms with E-state index in [9.17, 15) is 18.0 Å². The number of aromatic amines is 1. The fraction of sp³-hybridized carbons (Fsp3) is 0.435. The van der Waals surface area contributed by atoms with Gasteiger partial charge in [-0.3, -0.25) is 9.89 Å². The Morgan fingerprint density at radius 2 is 2.09 bits per heavy atom. The molecule has 3 aromatic heterocycles. The van der Waals surface area contributed by atoms with Crippen LogP contribution in [0.1, 0.15) is 49.6 Å². The van der Waals surface area contributed by atoms with Crippen molar-refractivity contribution in [2.45, 2.75) is 57.4 Å². The highest BCUT2D eigenvalue weighted by atomic mass is 19.3. The van der Waals surface area contributed by atoms with Gasteiger partial charge in [-0.2, -0.15) is 14.5 Å². The molecule has 3 N–H and O–H groups in total. The Morgan fingerprint density at radius 1 is 1.26 bits per heavy atom. The summed E-state index contributed by atoms with van der Waals surface area (Å²) < 4.78 is 42.1. The second kappa shape index (κ2) is 8.82. The first-order valence-corrected chi connectivity index (χ1v) is 11.5. The molecule has 5 rings (SSSR count). The molecule has 35 heavy (non-hydrogen) atoms. The molecule has 3 aromatic rings. The summed E-state index contributed by atoms with van der Waals surface area (Å²) in [6, 6.07) is 3.07. The predicted molar refractivity (Wildman–Crippen MR) is 124 cm³/mol. The predicted octanol–water partition coefficient (Wildman–Crippen LogP) is 3.94. The van der Waals surface area contributed by atoms with Gasteiger partial charge in [-0.1, -0.05) is 13.8 Å². The number of rotatable bonds is 6. The highest BCUT2D eigenvalue weighted by molar-refractivity contribution is 5.97. The van der Waals surface area contributed by atoms with Gasteiger partial charge in [-0.25, -0.2) is 18.7 Å². The number of hydrogen-bond acceptors (Lipinski definition) is 7. The molecule has 1 atom stereocenters. The molecule has 4 heterocycles. The van der Waals surface area contributed by atoms with Crippen molar-refractivity contribution < 1.29 is 18.0 Å². The lowest BCUT2D eigenvalue weighted by Gasteiger charge is -2.24. The second-order valence-electron chi connectivity index (χ2n) is 9.20. The smallest absolute Gasteiger partial charge is 0.267 e. The Balaban J connectivity index is 1.45. The number of aryl methyl sites for hydroxylation is 1. The summed E-state index contributed by atoms with van der Waals surface area (Å²) in [5.74, 6) is -3.09. The number of hydrogen-bond donors (Lipinski definition) is 3. The van der Waals surface area contributed by atoms with E-state index in [0.717, 1.165) is 42.1 Å². The minimum Gasteiger partial charge on any atom is -0.323 e. The van der Waals surface area contributed by atoms with Crippen molar-refractivity contribution in [3.63, 3.8) is 0 Å². The summed E-state index contributed by atoms with van der Waals surface area (Å²) in [4.78, 5) is 26.8. The number of fused-ring (bicyclic) bond motifs is 1. The molecule has 0 aromatic carbocycles. The molecule has 2 aliphatic rings. The van der Waals surface area contributed by atoms with Crippen LogP contribution in [0.15, 0.2) is 24.4 Å². The first kappa shape index (κ1) is 23.1. The Bertz CT molecular complexity index is 1240. The first-order chi connectivity index (χ1) is 16.7. The third-order valence-corrected chi connectivity index (χ3v) is 6.21. The van der Waals surface area contributed by atoms with Crippen molar-refractivity contribution in [3.05, 3.63) is 47.3 Å². The molecule has 0 bridgehead atoms. The maximum absolute atomic E-state index is 14.5. The zero-order valence-corrected chi connectivity index (χ0v) is 19.3. The van der Waals surface area contributed by atoms with Crippen molar-refractivity contribution in [3.8, 4) is 0 Å². The van der Waals surface area contributed by atoms with Crippen LogP contribution in [-0.2, 0) is 17.6 Å². The summed E-state index contributed by atoms with van der Waals surface area (Å²) in [7, 11) is 0. The fourth-order valence-corrected chi connectivity index (χ4v) is 4.41. The molecule has 1 aliphatic carbocycles. The molecule has 0 unspecified atom stereocenters. The number of alkyl halides is 2. The van der Waals surface area contributed by atoms with Crippen LogP contribution in [0, 0.1) is 5.95 Å². The van der Waals surface area contributed by atoms with Gasteiger partial charge in [-0.15, -0.1) is 0 Å². The van der Waals surface area contributed by atoms with E-state index < -0.39 is 36.8 Å². The lowest BCUT2D eigenvalue weighted by molar-refractivity contribution is -0.118. The van der Waals surface area contributed by atoms with Gasteiger partial charge in [0, 0.05) is 23.7 Å². The maximum atomic E-state index is 14.5. The fourth-order valence-electron chi connectivity index (χ4n) is 4.41. The molecule has 0 spiro atoms. The van der Waals surface area contributed by atoms with Crippen LogP contribution in [0.2, 0.25) is 0 Å². The third kappa shape index (κ3) is 4.77. The number of aromatic nitrogens is 5. The van der Waals surface area contributed by atoms with Gasteiger partial charge < -0.3 is 15.5 Å². The van der Waals surface area contributed by atoms with Crippen LogP contribution < -0.4 is 15.5 Å². The van der Waals surface area contributed by atoms with Crippen molar-refractivity contribution in [1.29, 1.82) is 0 Å². The quantitative estimate of drug-likeness (QED) is 0.453. The van der Waals surface area contributed by atoms with Gasteiger partial charge in [-0.05, 0) is 37.3 Å². The van der Waals surface area contributed by atoms with Crippen LogP contribution in [0.4, 0.5) is 36.4 Å². The van der Waals surface area contributed by atoms with Crippen molar-refractivity contribution >= 4 is 29.2 Å². The summed E-state index contributed by atoms with van der Waals surface area (Å²) in [6.07, 6.45) is 2.77. The largest absolute Gasteiger partial charge is 0.323 e. The lowest BCUT2D eigenvalue weighted by Crippen LogP contribution is -2.41. The van der Waals surface area contributed by atoms with Crippen LogP contribution in [-0.4, -0.2) is 49.6 Å². The minimum absolute atomic E-state index is 0.0577. The zero-order valence-electron chi connectivity index (χ0n) is 19.3. The Kier molecular flexibility index (Phi) is 5.81. The van der Waals surface area contributed by atoms with Crippen molar-refractivity contribution in [2.75, 3.05) is 22.1 Å². The van der Waals surface area contributed by atoms with Gasteiger partial charge in [0.1, 0.15) is 11.9 Å². The van der Waals surface area contributed by atoms with Gasteiger partial charge in [0.05, 0.1) is 24.1 Å². The highest BCUT2D eigenvalue weighted by Gasteiger charge is 2.49. The van der Waals surface area contributed by atoms with Crippen LogP contribution in [0.3, 0.4) is 0 Å². The highest BCUT2D eigenvalue weighted by Crippen LogP contribution is 2.37. The molecule has 1 saturated heterocycles. The topological polar surface area (TPSA) is 112 Å². The average Bonchev–Trinajstić information content (AvgIpc) is 3.53. The van der Waals surface area contributed by atoms with E-state index in [0.29, 0.717) is 18.1 Å².